The number of thioether (sulfide) groups is 1. The Morgan fingerprint density at radius 1 is 1.04 bits per heavy atom. The smallest absolute Gasteiger partial charge is 0.252 e. The summed E-state index contributed by atoms with van der Waals surface area (Å²) in [5, 5.41) is 3.42. The van der Waals surface area contributed by atoms with Crippen LogP contribution in [0.25, 0.3) is 0 Å². The lowest BCUT2D eigenvalue weighted by Gasteiger charge is -2.17. The molecule has 2 aromatic carbocycles. The molecule has 1 unspecified atom stereocenters. The molecule has 0 radical (unpaired) electrons. The highest BCUT2D eigenvalue weighted by Crippen LogP contribution is 2.26. The minimum Gasteiger partial charge on any atom is -0.497 e. The zero-order valence-corrected chi connectivity index (χ0v) is 15.9. The lowest BCUT2D eigenvalue weighted by molar-refractivity contribution is 0.0923. The number of ether oxygens (including phenoxy) is 2. The van der Waals surface area contributed by atoms with Crippen LogP contribution in [0.5, 0.6) is 11.5 Å². The highest BCUT2D eigenvalue weighted by Gasteiger charge is 2.15. The number of hydrogen-bond donors (Lipinski definition) is 1. The van der Waals surface area contributed by atoms with Gasteiger partial charge in [0.25, 0.3) is 5.91 Å². The molecule has 1 N–H and O–H groups in total. The van der Waals surface area contributed by atoms with Crippen molar-refractivity contribution in [2.75, 3.05) is 13.7 Å². The molecule has 0 fully saturated rings. The van der Waals surface area contributed by atoms with E-state index in [4.69, 9.17) is 9.47 Å². The SMILES string of the molecule is COc1ccc(OCC(C)NC(=O)c2ccccc2SC(C)C)cc1. The summed E-state index contributed by atoms with van der Waals surface area (Å²) in [5.41, 5.74) is 0.706. The molecule has 0 saturated carbocycles. The standard InChI is InChI=1S/C20H25NO3S/c1-14(2)25-19-8-6-5-7-18(19)20(22)21-15(3)13-24-17-11-9-16(23-4)10-12-17/h5-12,14-15H,13H2,1-4H3,(H,21,22). The van der Waals surface area contributed by atoms with Crippen LogP contribution in [-0.4, -0.2) is 30.9 Å². The fourth-order valence-corrected chi connectivity index (χ4v) is 3.20. The van der Waals surface area contributed by atoms with E-state index in [9.17, 15) is 4.79 Å². The Morgan fingerprint density at radius 3 is 2.32 bits per heavy atom. The van der Waals surface area contributed by atoms with Gasteiger partial charge in [0.1, 0.15) is 18.1 Å². The van der Waals surface area contributed by atoms with Gasteiger partial charge in [0.2, 0.25) is 0 Å². The number of nitrogens with one attached hydrogen (secondary N) is 1. The summed E-state index contributed by atoms with van der Waals surface area (Å²) in [4.78, 5) is 13.6. The second-order valence-electron chi connectivity index (χ2n) is 6.02. The van der Waals surface area contributed by atoms with Crippen molar-refractivity contribution in [3.8, 4) is 11.5 Å². The molecule has 134 valence electrons. The van der Waals surface area contributed by atoms with Crippen molar-refractivity contribution in [3.05, 3.63) is 54.1 Å². The molecular formula is C20H25NO3S. The Labute approximate surface area is 153 Å². The molecule has 2 aromatic rings. The van der Waals surface area contributed by atoms with E-state index in [2.05, 4.69) is 19.2 Å². The van der Waals surface area contributed by atoms with Crippen LogP contribution in [0.3, 0.4) is 0 Å². The Morgan fingerprint density at radius 2 is 1.68 bits per heavy atom. The van der Waals surface area contributed by atoms with Crippen molar-refractivity contribution in [1.82, 2.24) is 5.32 Å². The highest BCUT2D eigenvalue weighted by molar-refractivity contribution is 8.00. The normalized spacial score (nSPS) is 11.9. The van der Waals surface area contributed by atoms with Gasteiger partial charge in [-0.05, 0) is 43.3 Å². The molecule has 0 bridgehead atoms. The lowest BCUT2D eigenvalue weighted by Crippen LogP contribution is -2.37. The van der Waals surface area contributed by atoms with Crippen LogP contribution in [0.15, 0.2) is 53.4 Å². The predicted octanol–water partition coefficient (Wildman–Crippen LogP) is 4.39. The van der Waals surface area contributed by atoms with Gasteiger partial charge in [0.05, 0.1) is 18.7 Å². The second-order valence-corrected chi connectivity index (χ2v) is 7.64. The minimum atomic E-state index is -0.105. The number of methoxy groups -OCH3 is 1. The first-order valence-corrected chi connectivity index (χ1v) is 9.21. The van der Waals surface area contributed by atoms with Gasteiger partial charge in [-0.1, -0.05) is 26.0 Å². The summed E-state index contributed by atoms with van der Waals surface area (Å²) >= 11 is 1.69. The van der Waals surface area contributed by atoms with Crippen molar-refractivity contribution in [3.63, 3.8) is 0 Å². The van der Waals surface area contributed by atoms with E-state index in [1.165, 1.54) is 0 Å². The lowest BCUT2D eigenvalue weighted by atomic mass is 10.2. The Bertz CT molecular complexity index is 686. The zero-order valence-electron chi connectivity index (χ0n) is 15.1. The molecule has 0 aliphatic carbocycles. The number of amides is 1. The number of benzene rings is 2. The van der Waals surface area contributed by atoms with Gasteiger partial charge in [0.15, 0.2) is 0 Å². The number of carbonyl (C=O) groups excluding carboxylic acids is 1. The monoisotopic (exact) mass is 359 g/mol. The molecule has 5 heteroatoms. The summed E-state index contributed by atoms with van der Waals surface area (Å²) < 4.78 is 10.8. The van der Waals surface area contributed by atoms with Crippen molar-refractivity contribution in [2.45, 2.75) is 37.0 Å². The van der Waals surface area contributed by atoms with E-state index in [0.29, 0.717) is 17.4 Å². The minimum absolute atomic E-state index is 0.0745. The number of rotatable bonds is 8. The van der Waals surface area contributed by atoms with Crippen LogP contribution in [0.1, 0.15) is 31.1 Å². The first-order valence-electron chi connectivity index (χ1n) is 8.33. The molecule has 0 heterocycles. The highest BCUT2D eigenvalue weighted by atomic mass is 32.2. The van der Waals surface area contributed by atoms with Crippen LogP contribution < -0.4 is 14.8 Å². The van der Waals surface area contributed by atoms with Gasteiger partial charge < -0.3 is 14.8 Å². The van der Waals surface area contributed by atoms with Crippen molar-refractivity contribution in [2.24, 2.45) is 0 Å². The van der Waals surface area contributed by atoms with Gasteiger partial charge in [0, 0.05) is 10.1 Å². The number of hydrogen-bond acceptors (Lipinski definition) is 4. The Balaban J connectivity index is 1.91. The van der Waals surface area contributed by atoms with E-state index in [1.807, 2.05) is 55.5 Å². The van der Waals surface area contributed by atoms with Gasteiger partial charge in [-0.3, -0.25) is 4.79 Å². The van der Waals surface area contributed by atoms with E-state index >= 15 is 0 Å². The van der Waals surface area contributed by atoms with Crippen LogP contribution in [-0.2, 0) is 0 Å². The molecular weight excluding hydrogens is 334 g/mol. The van der Waals surface area contributed by atoms with E-state index < -0.39 is 0 Å². The molecule has 0 aliphatic rings. The first kappa shape index (κ1) is 19.2. The van der Waals surface area contributed by atoms with Gasteiger partial charge in [-0.2, -0.15) is 0 Å². The van der Waals surface area contributed by atoms with Gasteiger partial charge in [-0.15, -0.1) is 11.8 Å². The Kier molecular flexibility index (Phi) is 7.19. The van der Waals surface area contributed by atoms with Crippen molar-refractivity contribution in [1.29, 1.82) is 0 Å². The van der Waals surface area contributed by atoms with Crippen molar-refractivity contribution >= 4 is 17.7 Å². The molecule has 0 aromatic heterocycles. The van der Waals surface area contributed by atoms with Crippen molar-refractivity contribution < 1.29 is 14.3 Å². The van der Waals surface area contributed by atoms with E-state index in [-0.39, 0.29) is 11.9 Å². The molecule has 1 atom stereocenters. The van der Waals surface area contributed by atoms with Crippen LogP contribution in [0, 0.1) is 0 Å². The van der Waals surface area contributed by atoms with Gasteiger partial charge >= 0.3 is 0 Å². The maximum absolute atomic E-state index is 12.6. The quantitative estimate of drug-likeness (QED) is 0.710. The fourth-order valence-electron chi connectivity index (χ4n) is 2.25. The summed E-state index contributed by atoms with van der Waals surface area (Å²) in [6, 6.07) is 15.0. The molecule has 0 spiro atoms. The third-order valence-electron chi connectivity index (χ3n) is 3.43. The summed E-state index contributed by atoms with van der Waals surface area (Å²) in [6.07, 6.45) is 0. The third-order valence-corrected chi connectivity index (χ3v) is 4.51. The topological polar surface area (TPSA) is 47.6 Å². The first-order chi connectivity index (χ1) is 12.0. The maximum atomic E-state index is 12.6. The largest absolute Gasteiger partial charge is 0.497 e. The van der Waals surface area contributed by atoms with E-state index in [0.717, 1.165) is 16.4 Å². The fraction of sp³-hybridized carbons (Fsp3) is 0.350. The average Bonchev–Trinajstić information content (AvgIpc) is 2.60. The molecule has 25 heavy (non-hydrogen) atoms. The summed E-state index contributed by atoms with van der Waals surface area (Å²) in [6.45, 7) is 6.56. The van der Waals surface area contributed by atoms with Gasteiger partial charge in [-0.25, -0.2) is 0 Å². The predicted molar refractivity (Wildman–Crippen MR) is 103 cm³/mol. The third kappa shape index (κ3) is 6.02. The average molecular weight is 359 g/mol. The molecule has 4 nitrogen and oxygen atoms in total. The Hall–Kier alpha value is -2.14. The van der Waals surface area contributed by atoms with Crippen LogP contribution in [0.2, 0.25) is 0 Å². The van der Waals surface area contributed by atoms with Crippen LogP contribution in [0.4, 0.5) is 0 Å². The molecule has 1 amide bonds. The van der Waals surface area contributed by atoms with Crippen LogP contribution >= 0.6 is 11.8 Å². The summed E-state index contributed by atoms with van der Waals surface area (Å²) in [5.74, 6) is 1.46. The van der Waals surface area contributed by atoms with E-state index in [1.54, 1.807) is 18.9 Å². The molecule has 2 rings (SSSR count). The zero-order chi connectivity index (χ0) is 18.2. The maximum Gasteiger partial charge on any atom is 0.252 e. The molecule has 0 aliphatic heterocycles. The second kappa shape index (κ2) is 9.37. The molecule has 0 saturated heterocycles. The summed E-state index contributed by atoms with van der Waals surface area (Å²) in [7, 11) is 1.63. The number of carbonyl (C=O) groups is 1.